The zero-order valence-electron chi connectivity index (χ0n) is 13.9. The number of carbonyl (C=O) groups is 1. The number of hydrogen-bond acceptors (Lipinski definition) is 5. The molecule has 1 fully saturated rings. The van der Waals surface area contributed by atoms with E-state index in [9.17, 15) is 4.79 Å². The van der Waals surface area contributed by atoms with Crippen LogP contribution >= 0.6 is 0 Å². The summed E-state index contributed by atoms with van der Waals surface area (Å²) >= 11 is 0. The van der Waals surface area contributed by atoms with Crippen molar-refractivity contribution in [1.82, 2.24) is 10.6 Å². The first-order valence-corrected chi connectivity index (χ1v) is 8.09. The van der Waals surface area contributed by atoms with Gasteiger partial charge >= 0.3 is 0 Å². The number of nitrogens with zero attached hydrogens (tertiary/aromatic N) is 1. The molecule has 1 unspecified atom stereocenters. The van der Waals surface area contributed by atoms with E-state index >= 15 is 0 Å². The number of rotatable bonds is 8. The van der Waals surface area contributed by atoms with Crippen LogP contribution in [-0.2, 0) is 16.0 Å². The Morgan fingerprint density at radius 3 is 2.88 bits per heavy atom. The van der Waals surface area contributed by atoms with Crippen molar-refractivity contribution in [3.8, 4) is 11.8 Å². The van der Waals surface area contributed by atoms with Gasteiger partial charge in [-0.05, 0) is 37.0 Å². The molecule has 1 amide bonds. The molecule has 24 heavy (non-hydrogen) atoms. The number of benzene rings is 1. The molecular weight excluding hydrogens is 306 g/mol. The Bertz CT molecular complexity index is 599. The lowest BCUT2D eigenvalue weighted by molar-refractivity contribution is -0.117. The van der Waals surface area contributed by atoms with E-state index in [0.717, 1.165) is 37.2 Å². The first-order valence-electron chi connectivity index (χ1n) is 8.09. The fourth-order valence-electron chi connectivity index (χ4n) is 2.44. The second-order valence-corrected chi connectivity index (χ2v) is 5.57. The molecule has 1 heterocycles. The van der Waals surface area contributed by atoms with Crippen LogP contribution in [0.1, 0.15) is 18.4 Å². The number of nitrogens with one attached hydrogen (secondary N) is 2. The SMILES string of the molecule is COc1ccc(CCN/C=C(/C#N)C(=O)NCC2CCCO2)cc1. The molecule has 1 aromatic rings. The molecule has 128 valence electrons. The van der Waals surface area contributed by atoms with Gasteiger partial charge in [0.1, 0.15) is 17.4 Å². The highest BCUT2D eigenvalue weighted by molar-refractivity contribution is 5.97. The summed E-state index contributed by atoms with van der Waals surface area (Å²) in [5.41, 5.74) is 1.22. The van der Waals surface area contributed by atoms with Gasteiger partial charge in [-0.1, -0.05) is 12.1 Å². The molecule has 1 aliphatic heterocycles. The van der Waals surface area contributed by atoms with E-state index in [0.29, 0.717) is 13.1 Å². The monoisotopic (exact) mass is 329 g/mol. The zero-order chi connectivity index (χ0) is 17.2. The number of ether oxygens (including phenoxy) is 2. The normalized spacial score (nSPS) is 17.2. The number of methoxy groups -OCH3 is 1. The van der Waals surface area contributed by atoms with Gasteiger partial charge in [-0.25, -0.2) is 0 Å². The van der Waals surface area contributed by atoms with E-state index in [1.54, 1.807) is 7.11 Å². The Balaban J connectivity index is 1.73. The highest BCUT2D eigenvalue weighted by Crippen LogP contribution is 2.11. The second-order valence-electron chi connectivity index (χ2n) is 5.57. The van der Waals surface area contributed by atoms with E-state index in [1.807, 2.05) is 30.3 Å². The lowest BCUT2D eigenvalue weighted by Gasteiger charge is -2.10. The average Bonchev–Trinajstić information content (AvgIpc) is 3.14. The van der Waals surface area contributed by atoms with Crippen LogP contribution in [-0.4, -0.2) is 38.8 Å². The Labute approximate surface area is 142 Å². The molecule has 2 rings (SSSR count). The van der Waals surface area contributed by atoms with Crippen LogP contribution < -0.4 is 15.4 Å². The van der Waals surface area contributed by atoms with Gasteiger partial charge < -0.3 is 20.1 Å². The van der Waals surface area contributed by atoms with E-state index in [-0.39, 0.29) is 17.6 Å². The standard InChI is InChI=1S/C18H23N3O3/c1-23-16-6-4-14(5-7-16)8-9-20-12-15(11-19)18(22)21-13-17-3-2-10-24-17/h4-7,12,17,20H,2-3,8-10,13H2,1H3,(H,21,22)/b15-12-. The van der Waals surface area contributed by atoms with Crippen molar-refractivity contribution in [3.63, 3.8) is 0 Å². The van der Waals surface area contributed by atoms with Gasteiger partial charge in [-0.15, -0.1) is 0 Å². The summed E-state index contributed by atoms with van der Waals surface area (Å²) in [5.74, 6) is 0.450. The van der Waals surface area contributed by atoms with Crippen LogP contribution in [0.3, 0.4) is 0 Å². The predicted molar refractivity (Wildman–Crippen MR) is 90.4 cm³/mol. The molecule has 1 aromatic carbocycles. The van der Waals surface area contributed by atoms with Crippen molar-refractivity contribution in [2.75, 3.05) is 26.8 Å². The Hall–Kier alpha value is -2.52. The smallest absolute Gasteiger partial charge is 0.263 e. The largest absolute Gasteiger partial charge is 0.497 e. The third kappa shape index (κ3) is 5.60. The van der Waals surface area contributed by atoms with Crippen molar-refractivity contribution in [2.45, 2.75) is 25.4 Å². The predicted octanol–water partition coefficient (Wildman–Crippen LogP) is 1.53. The van der Waals surface area contributed by atoms with Gasteiger partial charge in [-0.2, -0.15) is 5.26 Å². The third-order valence-corrected chi connectivity index (χ3v) is 3.84. The minimum Gasteiger partial charge on any atom is -0.497 e. The summed E-state index contributed by atoms with van der Waals surface area (Å²) in [5, 5.41) is 14.9. The van der Waals surface area contributed by atoms with E-state index in [1.165, 1.54) is 6.20 Å². The summed E-state index contributed by atoms with van der Waals surface area (Å²) in [6.07, 6.45) is 4.29. The van der Waals surface area contributed by atoms with Crippen molar-refractivity contribution in [3.05, 3.63) is 41.6 Å². The Morgan fingerprint density at radius 2 is 2.25 bits per heavy atom. The molecule has 0 aromatic heterocycles. The Kier molecular flexibility index (Phi) is 7.12. The molecule has 6 nitrogen and oxygen atoms in total. The maximum atomic E-state index is 12.0. The van der Waals surface area contributed by atoms with Crippen LogP contribution in [0.5, 0.6) is 5.75 Å². The number of amides is 1. The minimum absolute atomic E-state index is 0.0666. The zero-order valence-corrected chi connectivity index (χ0v) is 13.9. The van der Waals surface area contributed by atoms with Crippen LogP contribution in [0.15, 0.2) is 36.0 Å². The second kappa shape index (κ2) is 9.58. The molecule has 1 atom stereocenters. The number of carbonyl (C=O) groups excluding carboxylic acids is 1. The van der Waals surface area contributed by atoms with Gasteiger partial charge in [0, 0.05) is 25.9 Å². The summed E-state index contributed by atoms with van der Waals surface area (Å²) in [6.45, 7) is 1.83. The molecule has 0 aliphatic carbocycles. The van der Waals surface area contributed by atoms with Crippen LogP contribution in [0, 0.1) is 11.3 Å². The lowest BCUT2D eigenvalue weighted by atomic mass is 10.1. The first kappa shape index (κ1) is 17.8. The molecule has 0 radical (unpaired) electrons. The van der Waals surface area contributed by atoms with E-state index in [4.69, 9.17) is 14.7 Å². The van der Waals surface area contributed by atoms with Crippen molar-refractivity contribution in [2.24, 2.45) is 0 Å². The highest BCUT2D eigenvalue weighted by atomic mass is 16.5. The topological polar surface area (TPSA) is 83.4 Å². The van der Waals surface area contributed by atoms with Crippen molar-refractivity contribution >= 4 is 5.91 Å². The quantitative estimate of drug-likeness (QED) is 0.429. The molecule has 0 spiro atoms. The van der Waals surface area contributed by atoms with Crippen LogP contribution in [0.25, 0.3) is 0 Å². The maximum absolute atomic E-state index is 12.0. The van der Waals surface area contributed by atoms with Crippen molar-refractivity contribution in [1.29, 1.82) is 5.26 Å². The maximum Gasteiger partial charge on any atom is 0.263 e. The van der Waals surface area contributed by atoms with E-state index < -0.39 is 0 Å². The number of hydrogen-bond donors (Lipinski definition) is 2. The summed E-state index contributed by atoms with van der Waals surface area (Å²) in [7, 11) is 1.63. The Morgan fingerprint density at radius 1 is 1.46 bits per heavy atom. The fourth-order valence-corrected chi connectivity index (χ4v) is 2.44. The molecule has 2 N–H and O–H groups in total. The first-order chi connectivity index (χ1) is 11.7. The molecule has 1 aliphatic rings. The summed E-state index contributed by atoms with van der Waals surface area (Å²) in [4.78, 5) is 12.0. The average molecular weight is 329 g/mol. The van der Waals surface area contributed by atoms with Crippen molar-refractivity contribution < 1.29 is 14.3 Å². The molecule has 0 saturated carbocycles. The lowest BCUT2D eigenvalue weighted by Crippen LogP contribution is -2.33. The third-order valence-electron chi connectivity index (χ3n) is 3.84. The van der Waals surface area contributed by atoms with Gasteiger partial charge in [0.15, 0.2) is 0 Å². The fraction of sp³-hybridized carbons (Fsp3) is 0.444. The van der Waals surface area contributed by atoms with E-state index in [2.05, 4.69) is 10.6 Å². The molecule has 0 bridgehead atoms. The van der Waals surface area contributed by atoms with Crippen LogP contribution in [0.4, 0.5) is 0 Å². The molecular formula is C18H23N3O3. The van der Waals surface area contributed by atoms with Gasteiger partial charge in [0.25, 0.3) is 5.91 Å². The number of nitriles is 1. The van der Waals surface area contributed by atoms with Gasteiger partial charge in [0.2, 0.25) is 0 Å². The van der Waals surface area contributed by atoms with Gasteiger partial charge in [0.05, 0.1) is 13.2 Å². The molecule has 6 heteroatoms. The summed E-state index contributed by atoms with van der Waals surface area (Å²) < 4.78 is 10.6. The molecule has 1 saturated heterocycles. The summed E-state index contributed by atoms with van der Waals surface area (Å²) in [6, 6.07) is 9.71. The van der Waals surface area contributed by atoms with Crippen LogP contribution in [0.2, 0.25) is 0 Å². The van der Waals surface area contributed by atoms with Gasteiger partial charge in [-0.3, -0.25) is 4.79 Å². The highest BCUT2D eigenvalue weighted by Gasteiger charge is 2.17. The minimum atomic E-state index is -0.370.